The Morgan fingerprint density at radius 2 is 2.13 bits per heavy atom. The second-order valence-electron chi connectivity index (χ2n) is 3.34. The Balaban J connectivity index is 2.53. The van der Waals surface area contributed by atoms with Gasteiger partial charge in [0, 0.05) is 17.6 Å². The number of rotatable bonds is 0. The van der Waals surface area contributed by atoms with Gasteiger partial charge in [0.25, 0.3) is 0 Å². The average molecular weight is 200 g/mol. The van der Waals surface area contributed by atoms with E-state index >= 15 is 0 Å². The van der Waals surface area contributed by atoms with Crippen molar-refractivity contribution in [3.05, 3.63) is 30.5 Å². The standard InChI is InChI=1S/C10H8N4O/c11-9-4-10-12-5-6-3-7(15)1-2-8(6)14(10)13-9/h1-5,15H,(H2,11,13). The van der Waals surface area contributed by atoms with Crippen molar-refractivity contribution < 1.29 is 5.11 Å². The molecular formula is C10H8N4O. The van der Waals surface area contributed by atoms with Crippen LogP contribution in [-0.4, -0.2) is 19.7 Å². The molecule has 0 unspecified atom stereocenters. The fraction of sp³-hybridized carbons (Fsp3) is 0. The Labute approximate surface area is 84.8 Å². The van der Waals surface area contributed by atoms with E-state index in [9.17, 15) is 5.11 Å². The van der Waals surface area contributed by atoms with Crippen LogP contribution in [0.4, 0.5) is 5.82 Å². The second kappa shape index (κ2) is 2.60. The van der Waals surface area contributed by atoms with Gasteiger partial charge in [-0.1, -0.05) is 0 Å². The van der Waals surface area contributed by atoms with E-state index in [1.54, 1.807) is 35.0 Å². The molecule has 2 heterocycles. The highest BCUT2D eigenvalue weighted by Crippen LogP contribution is 2.20. The number of anilines is 1. The number of hydrogen-bond donors (Lipinski definition) is 2. The quantitative estimate of drug-likeness (QED) is 0.571. The van der Waals surface area contributed by atoms with Crippen LogP contribution in [0, 0.1) is 0 Å². The SMILES string of the molecule is Nc1cc2ncc3cc(O)ccc3n2n1. The summed E-state index contributed by atoms with van der Waals surface area (Å²) in [6.45, 7) is 0. The van der Waals surface area contributed by atoms with Crippen LogP contribution >= 0.6 is 0 Å². The lowest BCUT2D eigenvalue weighted by Crippen LogP contribution is -1.93. The monoisotopic (exact) mass is 200 g/mol. The smallest absolute Gasteiger partial charge is 0.157 e. The van der Waals surface area contributed by atoms with E-state index in [1.807, 2.05) is 0 Å². The molecular weight excluding hydrogens is 192 g/mol. The molecule has 5 heteroatoms. The van der Waals surface area contributed by atoms with Crippen molar-refractivity contribution in [1.29, 1.82) is 0 Å². The molecule has 0 saturated heterocycles. The number of aromatic nitrogens is 3. The molecule has 0 aliphatic heterocycles. The number of benzene rings is 1. The molecule has 3 aromatic rings. The van der Waals surface area contributed by atoms with Crippen molar-refractivity contribution in [2.24, 2.45) is 0 Å². The Bertz CT molecular complexity index is 659. The van der Waals surface area contributed by atoms with Gasteiger partial charge in [0.2, 0.25) is 0 Å². The Morgan fingerprint density at radius 3 is 3.00 bits per heavy atom. The molecule has 0 radical (unpaired) electrons. The van der Waals surface area contributed by atoms with Gasteiger partial charge in [0.1, 0.15) is 11.6 Å². The second-order valence-corrected chi connectivity index (χ2v) is 3.34. The summed E-state index contributed by atoms with van der Waals surface area (Å²) in [5, 5.41) is 14.3. The molecule has 0 atom stereocenters. The topological polar surface area (TPSA) is 76.4 Å². The zero-order valence-corrected chi connectivity index (χ0v) is 7.75. The molecule has 0 bridgehead atoms. The third-order valence-electron chi connectivity index (χ3n) is 2.28. The van der Waals surface area contributed by atoms with Crippen LogP contribution in [0.2, 0.25) is 0 Å². The van der Waals surface area contributed by atoms with Crippen molar-refractivity contribution in [2.45, 2.75) is 0 Å². The fourth-order valence-corrected chi connectivity index (χ4v) is 1.63. The van der Waals surface area contributed by atoms with Crippen molar-refractivity contribution in [3.8, 4) is 5.75 Å². The zero-order chi connectivity index (χ0) is 10.4. The molecule has 74 valence electrons. The van der Waals surface area contributed by atoms with Gasteiger partial charge in [-0.2, -0.15) is 0 Å². The molecule has 0 aliphatic rings. The van der Waals surface area contributed by atoms with Gasteiger partial charge in [0.15, 0.2) is 5.65 Å². The Kier molecular flexibility index (Phi) is 1.39. The largest absolute Gasteiger partial charge is 0.508 e. The summed E-state index contributed by atoms with van der Waals surface area (Å²) >= 11 is 0. The number of nitrogens with two attached hydrogens (primary N) is 1. The molecule has 1 aromatic carbocycles. The van der Waals surface area contributed by atoms with E-state index in [4.69, 9.17) is 5.73 Å². The van der Waals surface area contributed by atoms with Gasteiger partial charge in [0.05, 0.1) is 5.52 Å². The Hall–Kier alpha value is -2.30. The summed E-state index contributed by atoms with van der Waals surface area (Å²) in [5.41, 5.74) is 7.16. The first kappa shape index (κ1) is 8.05. The first-order valence-corrected chi connectivity index (χ1v) is 4.47. The first-order chi connectivity index (χ1) is 7.24. The third kappa shape index (κ3) is 1.10. The van der Waals surface area contributed by atoms with Crippen LogP contribution in [-0.2, 0) is 0 Å². The predicted molar refractivity (Wildman–Crippen MR) is 56.6 cm³/mol. The number of phenols is 1. The van der Waals surface area contributed by atoms with Crippen LogP contribution < -0.4 is 5.73 Å². The molecule has 2 aromatic heterocycles. The van der Waals surface area contributed by atoms with Gasteiger partial charge in [-0.25, -0.2) is 9.50 Å². The van der Waals surface area contributed by atoms with E-state index in [-0.39, 0.29) is 5.75 Å². The minimum atomic E-state index is 0.212. The third-order valence-corrected chi connectivity index (χ3v) is 2.28. The molecule has 15 heavy (non-hydrogen) atoms. The molecule has 0 fully saturated rings. The summed E-state index contributed by atoms with van der Waals surface area (Å²) in [6.07, 6.45) is 1.69. The summed E-state index contributed by atoms with van der Waals surface area (Å²) in [5.74, 6) is 0.645. The highest BCUT2D eigenvalue weighted by Gasteiger charge is 2.04. The highest BCUT2D eigenvalue weighted by atomic mass is 16.3. The van der Waals surface area contributed by atoms with E-state index < -0.39 is 0 Å². The van der Waals surface area contributed by atoms with Gasteiger partial charge in [-0.15, -0.1) is 5.10 Å². The summed E-state index contributed by atoms with van der Waals surface area (Å²) in [7, 11) is 0. The maximum Gasteiger partial charge on any atom is 0.157 e. The minimum Gasteiger partial charge on any atom is -0.508 e. The van der Waals surface area contributed by atoms with Gasteiger partial charge >= 0.3 is 0 Å². The van der Waals surface area contributed by atoms with E-state index in [0.29, 0.717) is 11.5 Å². The number of aromatic hydroxyl groups is 1. The van der Waals surface area contributed by atoms with Crippen LogP contribution in [0.3, 0.4) is 0 Å². The number of hydrogen-bond acceptors (Lipinski definition) is 4. The maximum atomic E-state index is 9.33. The van der Waals surface area contributed by atoms with Crippen molar-refractivity contribution >= 4 is 22.4 Å². The summed E-state index contributed by atoms with van der Waals surface area (Å²) < 4.78 is 1.66. The first-order valence-electron chi connectivity index (χ1n) is 4.47. The van der Waals surface area contributed by atoms with Crippen molar-refractivity contribution in [2.75, 3.05) is 5.73 Å². The molecule has 0 amide bonds. The molecule has 3 N–H and O–H groups in total. The van der Waals surface area contributed by atoms with Gasteiger partial charge in [-0.05, 0) is 18.2 Å². The fourth-order valence-electron chi connectivity index (χ4n) is 1.63. The summed E-state index contributed by atoms with van der Waals surface area (Å²) in [6, 6.07) is 6.73. The zero-order valence-electron chi connectivity index (χ0n) is 7.75. The van der Waals surface area contributed by atoms with Gasteiger partial charge in [-0.3, -0.25) is 0 Å². The molecule has 5 nitrogen and oxygen atoms in total. The van der Waals surface area contributed by atoms with E-state index in [1.165, 1.54) is 0 Å². The van der Waals surface area contributed by atoms with Crippen LogP contribution in [0.5, 0.6) is 5.75 Å². The number of fused-ring (bicyclic) bond motifs is 3. The Morgan fingerprint density at radius 1 is 1.27 bits per heavy atom. The molecule has 3 rings (SSSR count). The minimum absolute atomic E-state index is 0.212. The molecule has 0 aliphatic carbocycles. The normalized spacial score (nSPS) is 11.2. The maximum absolute atomic E-state index is 9.33. The number of nitrogens with zero attached hydrogens (tertiary/aromatic N) is 3. The lowest BCUT2D eigenvalue weighted by molar-refractivity contribution is 0.476. The predicted octanol–water partition coefficient (Wildman–Crippen LogP) is 1.17. The van der Waals surface area contributed by atoms with Crippen LogP contribution in [0.25, 0.3) is 16.6 Å². The molecule has 0 saturated carbocycles. The van der Waals surface area contributed by atoms with Crippen LogP contribution in [0.15, 0.2) is 30.5 Å². The van der Waals surface area contributed by atoms with Crippen molar-refractivity contribution in [3.63, 3.8) is 0 Å². The van der Waals surface area contributed by atoms with Crippen LogP contribution in [0.1, 0.15) is 0 Å². The summed E-state index contributed by atoms with van der Waals surface area (Å²) in [4.78, 5) is 4.18. The average Bonchev–Trinajstić information content (AvgIpc) is 2.58. The lowest BCUT2D eigenvalue weighted by atomic mass is 10.2. The molecule has 0 spiro atoms. The van der Waals surface area contributed by atoms with Gasteiger partial charge < -0.3 is 10.8 Å². The van der Waals surface area contributed by atoms with Crippen molar-refractivity contribution in [1.82, 2.24) is 14.6 Å². The highest BCUT2D eigenvalue weighted by molar-refractivity contribution is 5.82. The van der Waals surface area contributed by atoms with E-state index in [2.05, 4.69) is 10.1 Å². The van der Waals surface area contributed by atoms with E-state index in [0.717, 1.165) is 10.9 Å². The number of phenolic OH excluding ortho intramolecular Hbond substituents is 1. The number of nitrogen functional groups attached to an aromatic ring is 1. The lowest BCUT2D eigenvalue weighted by Gasteiger charge is -2.00.